The molecular formula is C44H25N5. The number of para-hydroxylation sites is 4. The second-order valence-corrected chi connectivity index (χ2v) is 12.4. The van der Waals surface area contributed by atoms with Crippen LogP contribution in [0.15, 0.2) is 152 Å². The molecule has 3 heterocycles. The van der Waals surface area contributed by atoms with Gasteiger partial charge >= 0.3 is 0 Å². The van der Waals surface area contributed by atoms with Gasteiger partial charge in [-0.1, -0.05) is 78.9 Å². The van der Waals surface area contributed by atoms with Crippen molar-refractivity contribution in [3.8, 4) is 29.2 Å². The minimum atomic E-state index is 0.604. The largest absolute Gasteiger partial charge is 0.309 e. The summed E-state index contributed by atoms with van der Waals surface area (Å²) in [5.41, 5.74) is 10.6. The zero-order valence-electron chi connectivity index (χ0n) is 26.2. The highest BCUT2D eigenvalue weighted by atomic mass is 15.0. The summed E-state index contributed by atoms with van der Waals surface area (Å²) in [5, 5.41) is 26.8. The molecule has 0 atom stereocenters. The van der Waals surface area contributed by atoms with Crippen molar-refractivity contribution in [1.29, 1.82) is 10.5 Å². The van der Waals surface area contributed by atoms with Crippen molar-refractivity contribution in [2.75, 3.05) is 0 Å². The summed E-state index contributed by atoms with van der Waals surface area (Å²) in [7, 11) is 0. The smallest absolute Gasteiger partial charge is 0.0999 e. The van der Waals surface area contributed by atoms with Gasteiger partial charge in [0.15, 0.2) is 0 Å². The highest BCUT2D eigenvalue weighted by Crippen LogP contribution is 2.47. The van der Waals surface area contributed by atoms with Crippen LogP contribution in [-0.4, -0.2) is 13.7 Å². The van der Waals surface area contributed by atoms with Crippen molar-refractivity contribution in [2.24, 2.45) is 0 Å². The van der Waals surface area contributed by atoms with Gasteiger partial charge < -0.3 is 13.7 Å². The number of hydrogen-bond acceptors (Lipinski definition) is 2. The third-order valence-corrected chi connectivity index (χ3v) is 9.87. The van der Waals surface area contributed by atoms with Crippen LogP contribution in [0.4, 0.5) is 0 Å². The molecule has 0 bridgehead atoms. The molecular weight excluding hydrogens is 599 g/mol. The van der Waals surface area contributed by atoms with Gasteiger partial charge in [0.2, 0.25) is 0 Å². The minimum Gasteiger partial charge on any atom is -0.309 e. The maximum absolute atomic E-state index is 10.9. The van der Waals surface area contributed by atoms with Crippen molar-refractivity contribution in [1.82, 2.24) is 13.7 Å². The van der Waals surface area contributed by atoms with E-state index >= 15 is 0 Å². The summed E-state index contributed by atoms with van der Waals surface area (Å²) in [6, 6.07) is 57.0. The maximum atomic E-state index is 10.9. The van der Waals surface area contributed by atoms with E-state index in [-0.39, 0.29) is 0 Å². The lowest BCUT2D eigenvalue weighted by Gasteiger charge is -2.11. The summed E-state index contributed by atoms with van der Waals surface area (Å²) in [6.45, 7) is 0. The van der Waals surface area contributed by atoms with E-state index in [9.17, 15) is 10.5 Å². The maximum Gasteiger partial charge on any atom is 0.0999 e. The van der Waals surface area contributed by atoms with Gasteiger partial charge in [-0.25, -0.2) is 0 Å². The van der Waals surface area contributed by atoms with E-state index in [0.717, 1.165) is 82.5 Å². The summed E-state index contributed by atoms with van der Waals surface area (Å²) in [6.07, 6.45) is 0. The Kier molecular flexibility index (Phi) is 5.64. The quantitative estimate of drug-likeness (QED) is 0.197. The predicted molar refractivity (Wildman–Crippen MR) is 199 cm³/mol. The fourth-order valence-electron chi connectivity index (χ4n) is 7.93. The first-order chi connectivity index (χ1) is 24.3. The molecule has 0 radical (unpaired) electrons. The van der Waals surface area contributed by atoms with Gasteiger partial charge in [-0.3, -0.25) is 0 Å². The Morgan fingerprint density at radius 2 is 0.898 bits per heavy atom. The summed E-state index contributed by atoms with van der Waals surface area (Å²) in [5.74, 6) is 0. The highest BCUT2D eigenvalue weighted by Gasteiger charge is 2.26. The minimum absolute atomic E-state index is 0.604. The van der Waals surface area contributed by atoms with Gasteiger partial charge in [0.1, 0.15) is 0 Å². The molecule has 49 heavy (non-hydrogen) atoms. The van der Waals surface area contributed by atoms with E-state index in [4.69, 9.17) is 0 Å². The topological polar surface area (TPSA) is 62.4 Å². The van der Waals surface area contributed by atoms with Crippen LogP contribution >= 0.6 is 0 Å². The van der Waals surface area contributed by atoms with Crippen LogP contribution in [0.25, 0.3) is 82.5 Å². The van der Waals surface area contributed by atoms with Crippen LogP contribution in [0.1, 0.15) is 11.1 Å². The van der Waals surface area contributed by atoms with Crippen LogP contribution in [0.2, 0.25) is 0 Å². The number of rotatable bonds is 3. The van der Waals surface area contributed by atoms with Crippen LogP contribution in [0.5, 0.6) is 0 Å². The third kappa shape index (κ3) is 3.67. The zero-order valence-corrected chi connectivity index (χ0v) is 26.2. The molecule has 3 aromatic heterocycles. The number of nitriles is 2. The van der Waals surface area contributed by atoms with E-state index in [0.29, 0.717) is 11.1 Å². The Morgan fingerprint density at radius 3 is 1.51 bits per heavy atom. The molecule has 0 spiro atoms. The average molecular weight is 624 g/mol. The van der Waals surface area contributed by atoms with Crippen molar-refractivity contribution >= 4 is 65.4 Å². The molecule has 5 heteroatoms. The number of benzene rings is 7. The Balaban J connectivity index is 1.49. The number of hydrogen-bond donors (Lipinski definition) is 0. The SMILES string of the molecule is N#Cc1ccc(-n2c3ccccc3c3c2cc(C#N)c2c4ccc5c(c6ccccc6n5-c5ccccc5)c4n(-c4ccccc4)c23)cc1. The molecule has 0 N–H and O–H groups in total. The molecule has 0 fully saturated rings. The van der Waals surface area contributed by atoms with Crippen LogP contribution in [0.3, 0.4) is 0 Å². The Bertz CT molecular complexity index is 3040. The van der Waals surface area contributed by atoms with Gasteiger partial charge in [-0.05, 0) is 72.8 Å². The molecule has 0 saturated carbocycles. The molecule has 0 amide bonds. The number of fused-ring (bicyclic) bond motifs is 11. The molecule has 0 unspecified atom stereocenters. The Labute approximate surface area is 280 Å². The fraction of sp³-hybridized carbons (Fsp3) is 0. The van der Waals surface area contributed by atoms with Gasteiger partial charge in [0, 0.05) is 49.4 Å². The first kappa shape index (κ1) is 27.1. The fourth-order valence-corrected chi connectivity index (χ4v) is 7.93. The Morgan fingerprint density at radius 1 is 0.367 bits per heavy atom. The van der Waals surface area contributed by atoms with Gasteiger partial charge in [0.25, 0.3) is 0 Å². The lowest BCUT2D eigenvalue weighted by Crippen LogP contribution is -1.97. The second-order valence-electron chi connectivity index (χ2n) is 12.4. The van der Waals surface area contributed by atoms with Crippen molar-refractivity contribution in [2.45, 2.75) is 0 Å². The second kappa shape index (κ2) is 10.2. The molecule has 7 aromatic carbocycles. The highest BCUT2D eigenvalue weighted by molar-refractivity contribution is 6.32. The molecule has 5 nitrogen and oxygen atoms in total. The van der Waals surface area contributed by atoms with E-state index < -0.39 is 0 Å². The third-order valence-electron chi connectivity index (χ3n) is 9.87. The van der Waals surface area contributed by atoms with Crippen molar-refractivity contribution in [3.63, 3.8) is 0 Å². The van der Waals surface area contributed by atoms with Crippen LogP contribution < -0.4 is 0 Å². The molecule has 0 saturated heterocycles. The standard InChI is InChI=1S/C44H25N5/c45-26-28-19-21-32(22-20-28)48-37-18-10-8-16-34(37)42-39(48)25-29(27-46)40-35-23-24-38-41(43(35)49(44(40)42)31-13-5-2-6-14-31)33-15-7-9-17-36(33)47(38)30-11-3-1-4-12-30/h1-25H. The van der Waals surface area contributed by atoms with Crippen molar-refractivity contribution in [3.05, 3.63) is 163 Å². The molecule has 0 aliphatic heterocycles. The summed E-state index contributed by atoms with van der Waals surface area (Å²) in [4.78, 5) is 0. The number of aromatic nitrogens is 3. The van der Waals surface area contributed by atoms with Gasteiger partial charge in [-0.2, -0.15) is 10.5 Å². The zero-order chi connectivity index (χ0) is 32.6. The van der Waals surface area contributed by atoms with E-state index in [2.05, 4.69) is 135 Å². The van der Waals surface area contributed by atoms with Crippen molar-refractivity contribution < 1.29 is 0 Å². The molecule has 226 valence electrons. The average Bonchev–Trinajstić information content (AvgIpc) is 3.81. The Hall–Kier alpha value is -7.08. The summed E-state index contributed by atoms with van der Waals surface area (Å²) < 4.78 is 6.94. The predicted octanol–water partition coefficient (Wildman–Crippen LogP) is 10.7. The van der Waals surface area contributed by atoms with Gasteiger partial charge in [-0.15, -0.1) is 0 Å². The molecule has 0 aliphatic rings. The lowest BCUT2D eigenvalue weighted by atomic mass is 10.0. The number of nitrogens with zero attached hydrogens (tertiary/aromatic N) is 5. The first-order valence-electron chi connectivity index (χ1n) is 16.2. The lowest BCUT2D eigenvalue weighted by molar-refractivity contribution is 1.17. The molecule has 0 aliphatic carbocycles. The normalized spacial score (nSPS) is 11.6. The summed E-state index contributed by atoms with van der Waals surface area (Å²) >= 11 is 0. The van der Waals surface area contributed by atoms with E-state index in [1.54, 1.807) is 0 Å². The van der Waals surface area contributed by atoms with Crippen LogP contribution in [-0.2, 0) is 0 Å². The van der Waals surface area contributed by atoms with Crippen LogP contribution in [0, 0.1) is 22.7 Å². The molecule has 10 rings (SSSR count). The monoisotopic (exact) mass is 623 g/mol. The van der Waals surface area contributed by atoms with Gasteiger partial charge in [0.05, 0.1) is 56.4 Å². The molecule has 10 aromatic rings. The van der Waals surface area contributed by atoms with E-state index in [1.807, 2.05) is 42.5 Å². The first-order valence-corrected chi connectivity index (χ1v) is 16.2. The van der Waals surface area contributed by atoms with E-state index in [1.165, 1.54) is 0 Å².